The van der Waals surface area contributed by atoms with Gasteiger partial charge in [0, 0.05) is 23.8 Å². The van der Waals surface area contributed by atoms with Gasteiger partial charge in [-0.05, 0) is 47.5 Å². The van der Waals surface area contributed by atoms with Crippen LogP contribution in [0.25, 0.3) is 0 Å². The largest absolute Gasteiger partial charge is 0.481 e. The molecule has 1 aliphatic rings. The molecule has 1 saturated heterocycles. The second-order valence-corrected chi connectivity index (χ2v) is 8.63. The summed E-state index contributed by atoms with van der Waals surface area (Å²) in [6.45, 7) is 2.04. The van der Waals surface area contributed by atoms with Gasteiger partial charge in [-0.1, -0.05) is 0 Å². The third-order valence-corrected chi connectivity index (χ3v) is 5.67. The molecule has 0 unspecified atom stereocenters. The van der Waals surface area contributed by atoms with Crippen molar-refractivity contribution < 1.29 is 23.1 Å². The molecule has 1 fully saturated rings. The average molecular weight is 390 g/mol. The summed E-state index contributed by atoms with van der Waals surface area (Å²) in [6.07, 6.45) is 1.44. The first-order valence-electron chi connectivity index (χ1n) is 6.57. The molecule has 22 heavy (non-hydrogen) atoms. The van der Waals surface area contributed by atoms with Gasteiger partial charge in [-0.3, -0.25) is 9.59 Å². The summed E-state index contributed by atoms with van der Waals surface area (Å²) in [6, 6.07) is 4.25. The molecule has 0 radical (unpaired) electrons. The van der Waals surface area contributed by atoms with Crippen LogP contribution in [0.4, 0.5) is 0 Å². The van der Waals surface area contributed by atoms with Gasteiger partial charge >= 0.3 is 5.97 Å². The molecule has 1 aromatic rings. The normalized spacial score (nSPS) is 21.9. The Kier molecular flexibility index (Phi) is 4.36. The lowest BCUT2D eigenvalue weighted by atomic mass is 9.90. The number of carboxylic acids is 1. The van der Waals surface area contributed by atoms with Gasteiger partial charge in [-0.15, -0.1) is 0 Å². The Labute approximate surface area is 137 Å². The molecule has 0 saturated carbocycles. The van der Waals surface area contributed by atoms with E-state index < -0.39 is 21.2 Å². The quantitative estimate of drug-likeness (QED) is 0.850. The molecule has 120 valence electrons. The van der Waals surface area contributed by atoms with Crippen LogP contribution in [-0.2, 0) is 14.6 Å². The van der Waals surface area contributed by atoms with Crippen LogP contribution in [0.2, 0.25) is 0 Å². The lowest BCUT2D eigenvalue weighted by Crippen LogP contribution is -2.35. The number of hydrogen-bond acceptors (Lipinski definition) is 4. The first kappa shape index (κ1) is 17.0. The highest BCUT2D eigenvalue weighted by atomic mass is 79.9. The topological polar surface area (TPSA) is 91.8 Å². The van der Waals surface area contributed by atoms with Crippen molar-refractivity contribution in [2.45, 2.75) is 18.2 Å². The van der Waals surface area contributed by atoms with Crippen molar-refractivity contribution in [3.63, 3.8) is 0 Å². The maximum absolute atomic E-state index is 12.6. The zero-order valence-electron chi connectivity index (χ0n) is 12.2. The van der Waals surface area contributed by atoms with Gasteiger partial charge in [0.25, 0.3) is 5.91 Å². The highest BCUT2D eigenvalue weighted by Gasteiger charge is 2.42. The lowest BCUT2D eigenvalue weighted by Gasteiger charge is -2.21. The van der Waals surface area contributed by atoms with Crippen molar-refractivity contribution in [2.24, 2.45) is 5.41 Å². The van der Waals surface area contributed by atoms with E-state index in [2.05, 4.69) is 15.9 Å². The SMILES string of the molecule is C[C@]1(C(=O)O)CCN(C(=O)c2cc(S(C)(=O)=O)ccc2Br)C1. The monoisotopic (exact) mass is 389 g/mol. The lowest BCUT2D eigenvalue weighted by molar-refractivity contribution is -0.147. The number of hydrogen-bond donors (Lipinski definition) is 1. The van der Waals surface area contributed by atoms with Crippen molar-refractivity contribution in [3.05, 3.63) is 28.2 Å². The first-order chi connectivity index (χ1) is 10.0. The summed E-state index contributed by atoms with van der Waals surface area (Å²) >= 11 is 3.24. The Morgan fingerprint density at radius 2 is 2.00 bits per heavy atom. The predicted molar refractivity (Wildman–Crippen MR) is 83.5 cm³/mol. The third kappa shape index (κ3) is 3.17. The number of aliphatic carboxylic acids is 1. The summed E-state index contributed by atoms with van der Waals surface area (Å²) in [7, 11) is -3.42. The molecule has 0 aromatic heterocycles. The van der Waals surface area contributed by atoms with Crippen LogP contribution >= 0.6 is 15.9 Å². The molecule has 2 rings (SSSR count). The fraction of sp³-hybridized carbons (Fsp3) is 0.429. The van der Waals surface area contributed by atoms with Gasteiger partial charge < -0.3 is 10.0 Å². The van der Waals surface area contributed by atoms with Gasteiger partial charge in [0.15, 0.2) is 9.84 Å². The molecule has 1 atom stereocenters. The number of carbonyl (C=O) groups is 2. The number of carboxylic acid groups (broad SMARTS) is 1. The number of sulfone groups is 1. The van der Waals surface area contributed by atoms with Crippen LogP contribution in [-0.4, -0.2) is 49.6 Å². The van der Waals surface area contributed by atoms with E-state index >= 15 is 0 Å². The van der Waals surface area contributed by atoms with Crippen LogP contribution in [0.1, 0.15) is 23.7 Å². The third-order valence-electron chi connectivity index (χ3n) is 3.87. The maximum Gasteiger partial charge on any atom is 0.311 e. The number of carbonyl (C=O) groups excluding carboxylic acids is 1. The zero-order chi connectivity index (χ0) is 16.7. The fourth-order valence-corrected chi connectivity index (χ4v) is 3.44. The first-order valence-corrected chi connectivity index (χ1v) is 9.25. The van der Waals surface area contributed by atoms with Crippen molar-refractivity contribution in [1.29, 1.82) is 0 Å². The number of benzene rings is 1. The minimum atomic E-state index is -3.42. The molecule has 0 bridgehead atoms. The minimum Gasteiger partial charge on any atom is -0.481 e. The number of nitrogens with zero attached hydrogens (tertiary/aromatic N) is 1. The van der Waals surface area contributed by atoms with Crippen LogP contribution in [0, 0.1) is 5.41 Å². The van der Waals surface area contributed by atoms with Crippen LogP contribution in [0.15, 0.2) is 27.6 Å². The van der Waals surface area contributed by atoms with Crippen molar-refractivity contribution in [1.82, 2.24) is 4.90 Å². The van der Waals surface area contributed by atoms with Gasteiger partial charge in [0.1, 0.15) is 0 Å². The molecule has 1 aromatic carbocycles. The van der Waals surface area contributed by atoms with Crippen LogP contribution in [0.3, 0.4) is 0 Å². The molecule has 1 amide bonds. The van der Waals surface area contributed by atoms with E-state index in [1.807, 2.05) is 0 Å². The minimum absolute atomic E-state index is 0.0549. The van der Waals surface area contributed by atoms with Crippen LogP contribution in [0.5, 0.6) is 0 Å². The van der Waals surface area contributed by atoms with Crippen LogP contribution < -0.4 is 0 Å². The van der Waals surface area contributed by atoms with E-state index in [-0.39, 0.29) is 22.9 Å². The Balaban J connectivity index is 2.33. The Hall–Kier alpha value is -1.41. The highest BCUT2D eigenvalue weighted by Crippen LogP contribution is 2.32. The average Bonchev–Trinajstić information content (AvgIpc) is 2.81. The Morgan fingerprint density at radius 3 is 2.50 bits per heavy atom. The molecule has 6 nitrogen and oxygen atoms in total. The second-order valence-electron chi connectivity index (χ2n) is 5.76. The Morgan fingerprint density at radius 1 is 1.36 bits per heavy atom. The molecule has 1 heterocycles. The van der Waals surface area contributed by atoms with E-state index in [0.29, 0.717) is 17.4 Å². The van der Waals surface area contributed by atoms with Crippen molar-refractivity contribution in [2.75, 3.05) is 19.3 Å². The maximum atomic E-state index is 12.6. The molecular formula is C14H16BrNO5S. The molecule has 8 heteroatoms. The standard InChI is InChI=1S/C14H16BrNO5S/c1-14(13(18)19)5-6-16(8-14)12(17)10-7-9(22(2,20)21)3-4-11(10)15/h3-4,7H,5-6,8H2,1-2H3,(H,18,19)/t14-/m0/s1. The second kappa shape index (κ2) is 5.66. The predicted octanol–water partition coefficient (Wildman–Crippen LogP) is 1.79. The summed E-state index contributed by atoms with van der Waals surface area (Å²) in [4.78, 5) is 25.3. The van der Waals surface area contributed by atoms with E-state index in [1.54, 1.807) is 6.92 Å². The smallest absolute Gasteiger partial charge is 0.311 e. The number of likely N-dealkylation sites (tertiary alicyclic amines) is 1. The summed E-state index contributed by atoms with van der Waals surface area (Å²) < 4.78 is 23.7. The molecule has 1 N–H and O–H groups in total. The zero-order valence-corrected chi connectivity index (χ0v) is 14.6. The van der Waals surface area contributed by atoms with E-state index in [4.69, 9.17) is 0 Å². The highest BCUT2D eigenvalue weighted by molar-refractivity contribution is 9.10. The summed E-state index contributed by atoms with van der Waals surface area (Å²) in [5.74, 6) is -1.31. The molecule has 0 spiro atoms. The summed E-state index contributed by atoms with van der Waals surface area (Å²) in [5, 5.41) is 9.22. The van der Waals surface area contributed by atoms with Gasteiger partial charge in [0.2, 0.25) is 0 Å². The Bertz CT molecular complexity index is 746. The number of rotatable bonds is 3. The molecule has 1 aliphatic heterocycles. The van der Waals surface area contributed by atoms with E-state index in [1.165, 1.54) is 23.1 Å². The number of amides is 1. The van der Waals surface area contributed by atoms with Crippen molar-refractivity contribution in [3.8, 4) is 0 Å². The van der Waals surface area contributed by atoms with Gasteiger partial charge in [0.05, 0.1) is 15.9 Å². The van der Waals surface area contributed by atoms with Crippen molar-refractivity contribution >= 4 is 37.6 Å². The fourth-order valence-electron chi connectivity index (χ4n) is 2.38. The van der Waals surface area contributed by atoms with Gasteiger partial charge in [-0.2, -0.15) is 0 Å². The van der Waals surface area contributed by atoms with E-state index in [9.17, 15) is 23.1 Å². The van der Waals surface area contributed by atoms with E-state index in [0.717, 1.165) is 6.26 Å². The molecular weight excluding hydrogens is 374 g/mol. The summed E-state index contributed by atoms with van der Waals surface area (Å²) in [5.41, 5.74) is -0.742. The van der Waals surface area contributed by atoms with Gasteiger partial charge in [-0.25, -0.2) is 8.42 Å². The number of halogens is 1. The molecule has 0 aliphatic carbocycles.